The molecule has 1 saturated heterocycles. The fourth-order valence-electron chi connectivity index (χ4n) is 3.33. The smallest absolute Gasteiger partial charge is 0.251 e. The molecule has 3 aromatic rings. The largest absolute Gasteiger partial charge is 0.370 e. The van der Waals surface area contributed by atoms with Gasteiger partial charge in [-0.1, -0.05) is 36.4 Å². The van der Waals surface area contributed by atoms with Gasteiger partial charge in [-0.15, -0.1) is 0 Å². The van der Waals surface area contributed by atoms with Crippen LogP contribution in [0.15, 0.2) is 60.7 Å². The van der Waals surface area contributed by atoms with Gasteiger partial charge in [-0.25, -0.2) is 0 Å². The topological polar surface area (TPSA) is 78.5 Å². The number of morpholine rings is 1. The summed E-state index contributed by atoms with van der Waals surface area (Å²) in [6, 6.07) is 17.2. The molecular weight excluding hydrogens is 368 g/mol. The summed E-state index contributed by atoms with van der Waals surface area (Å²) in [4.78, 5) is 28.4. The number of benzene rings is 2. The third-order valence-corrected chi connectivity index (χ3v) is 4.89. The molecule has 0 unspecified atom stereocenters. The average molecular weight is 390 g/mol. The quantitative estimate of drug-likeness (QED) is 0.656. The predicted octanol–water partition coefficient (Wildman–Crippen LogP) is 2.47. The fourth-order valence-corrected chi connectivity index (χ4v) is 3.33. The number of hydrogen-bond acceptors (Lipinski definition) is 4. The first kappa shape index (κ1) is 18.9. The Morgan fingerprint density at radius 3 is 2.79 bits per heavy atom. The van der Waals surface area contributed by atoms with E-state index in [1.54, 1.807) is 15.9 Å². The van der Waals surface area contributed by atoms with E-state index in [2.05, 4.69) is 10.2 Å². The third-order valence-electron chi connectivity index (χ3n) is 4.89. The van der Waals surface area contributed by atoms with E-state index in [0.29, 0.717) is 31.9 Å². The number of anilines is 1. The van der Waals surface area contributed by atoms with E-state index in [-0.39, 0.29) is 18.4 Å². The Labute approximate surface area is 168 Å². The predicted molar refractivity (Wildman–Crippen MR) is 111 cm³/mol. The van der Waals surface area contributed by atoms with Crippen LogP contribution in [0.3, 0.4) is 0 Å². The maximum absolute atomic E-state index is 13.0. The lowest BCUT2D eigenvalue weighted by Crippen LogP contribution is -2.46. The van der Waals surface area contributed by atoms with Crippen LogP contribution < -0.4 is 4.90 Å². The fraction of sp³-hybridized carbons (Fsp3) is 0.227. The highest BCUT2D eigenvalue weighted by Crippen LogP contribution is 2.18. The molecule has 1 aromatic heterocycles. The molecule has 0 saturated carbocycles. The number of rotatable bonds is 6. The zero-order valence-corrected chi connectivity index (χ0v) is 16.0. The number of amides is 2. The molecule has 1 N–H and O–H groups in total. The van der Waals surface area contributed by atoms with Crippen molar-refractivity contribution >= 4 is 34.5 Å². The van der Waals surface area contributed by atoms with Gasteiger partial charge in [0.25, 0.3) is 5.91 Å². The first-order valence-corrected chi connectivity index (χ1v) is 9.55. The Kier molecular flexibility index (Phi) is 5.67. The van der Waals surface area contributed by atoms with Gasteiger partial charge in [0.1, 0.15) is 6.61 Å². The van der Waals surface area contributed by atoms with Crippen LogP contribution in [-0.4, -0.2) is 59.8 Å². The minimum absolute atomic E-state index is 0.0461. The minimum Gasteiger partial charge on any atom is -0.370 e. The Morgan fingerprint density at radius 1 is 1.17 bits per heavy atom. The van der Waals surface area contributed by atoms with Crippen molar-refractivity contribution in [2.75, 3.05) is 37.7 Å². The summed E-state index contributed by atoms with van der Waals surface area (Å²) in [5, 5.41) is 8.20. The number of para-hydroxylation sites is 2. The standard InChI is InChI=1S/C22H22N4O3/c27-21(11-10-20-18-8-4-5-9-19(18)23-24-20)26(17-6-2-1-3-7-17)13-12-25-14-15-29-16-22(25)28/h1-11H,12-16H2,(H,23,24)/b11-10+. The van der Waals surface area contributed by atoms with Gasteiger partial charge in [0, 0.05) is 36.8 Å². The second kappa shape index (κ2) is 8.70. The molecule has 29 heavy (non-hydrogen) atoms. The first-order chi connectivity index (χ1) is 14.2. The van der Waals surface area contributed by atoms with Crippen LogP contribution in [0.25, 0.3) is 17.0 Å². The van der Waals surface area contributed by atoms with E-state index >= 15 is 0 Å². The van der Waals surface area contributed by atoms with Crippen molar-refractivity contribution < 1.29 is 14.3 Å². The lowest BCUT2D eigenvalue weighted by atomic mass is 10.2. The van der Waals surface area contributed by atoms with Gasteiger partial charge < -0.3 is 14.5 Å². The molecule has 0 aliphatic carbocycles. The number of nitrogens with one attached hydrogen (secondary N) is 1. The summed E-state index contributed by atoms with van der Waals surface area (Å²) in [6.45, 7) is 2.04. The van der Waals surface area contributed by atoms with Gasteiger partial charge in [-0.3, -0.25) is 14.7 Å². The molecular formula is C22H22N4O3. The van der Waals surface area contributed by atoms with Crippen LogP contribution in [0.5, 0.6) is 0 Å². The molecule has 1 aliphatic heterocycles. The molecule has 1 aliphatic rings. The van der Waals surface area contributed by atoms with Crippen molar-refractivity contribution in [2.24, 2.45) is 0 Å². The van der Waals surface area contributed by atoms with E-state index in [4.69, 9.17) is 4.74 Å². The highest BCUT2D eigenvalue weighted by Gasteiger charge is 2.21. The van der Waals surface area contributed by atoms with Gasteiger partial charge in [0.05, 0.1) is 17.8 Å². The maximum Gasteiger partial charge on any atom is 0.251 e. The third kappa shape index (κ3) is 4.35. The van der Waals surface area contributed by atoms with Crippen molar-refractivity contribution in [3.05, 3.63) is 66.4 Å². The van der Waals surface area contributed by atoms with Crippen molar-refractivity contribution in [1.82, 2.24) is 15.1 Å². The van der Waals surface area contributed by atoms with Crippen LogP contribution in [0.2, 0.25) is 0 Å². The van der Waals surface area contributed by atoms with Crippen LogP contribution in [0, 0.1) is 0 Å². The molecule has 0 spiro atoms. The first-order valence-electron chi connectivity index (χ1n) is 9.55. The molecule has 4 rings (SSSR count). The zero-order chi connectivity index (χ0) is 20.1. The van der Waals surface area contributed by atoms with Gasteiger partial charge in [-0.2, -0.15) is 5.10 Å². The Balaban J connectivity index is 1.52. The second-order valence-electron chi connectivity index (χ2n) is 6.75. The number of fused-ring (bicyclic) bond motifs is 1. The van der Waals surface area contributed by atoms with Crippen molar-refractivity contribution in [1.29, 1.82) is 0 Å². The minimum atomic E-state index is -0.163. The SMILES string of the molecule is O=C1COCCN1CCN(C(=O)/C=C/c1n[nH]c2ccccc12)c1ccccc1. The Hall–Kier alpha value is -3.45. The van der Waals surface area contributed by atoms with E-state index in [1.165, 1.54) is 6.08 Å². The Bertz CT molecular complexity index is 1030. The normalized spacial score (nSPS) is 14.6. The van der Waals surface area contributed by atoms with Crippen LogP contribution in [0.4, 0.5) is 5.69 Å². The molecule has 0 atom stereocenters. The molecule has 2 aromatic carbocycles. The number of carbonyl (C=O) groups is 2. The summed E-state index contributed by atoms with van der Waals surface area (Å²) >= 11 is 0. The highest BCUT2D eigenvalue weighted by atomic mass is 16.5. The van der Waals surface area contributed by atoms with Crippen molar-refractivity contribution in [3.8, 4) is 0 Å². The molecule has 7 heteroatoms. The van der Waals surface area contributed by atoms with E-state index in [0.717, 1.165) is 16.6 Å². The van der Waals surface area contributed by atoms with Gasteiger partial charge >= 0.3 is 0 Å². The van der Waals surface area contributed by atoms with E-state index in [1.807, 2.05) is 54.6 Å². The molecule has 0 radical (unpaired) electrons. The number of carbonyl (C=O) groups excluding carboxylic acids is 2. The number of H-pyrrole nitrogens is 1. The van der Waals surface area contributed by atoms with Gasteiger partial charge in [-0.05, 0) is 24.3 Å². The molecule has 2 amide bonds. The van der Waals surface area contributed by atoms with Crippen molar-refractivity contribution in [2.45, 2.75) is 0 Å². The molecule has 7 nitrogen and oxygen atoms in total. The lowest BCUT2D eigenvalue weighted by Gasteiger charge is -2.30. The average Bonchev–Trinajstić information content (AvgIpc) is 3.17. The number of nitrogens with zero attached hydrogens (tertiary/aromatic N) is 3. The molecule has 2 heterocycles. The Morgan fingerprint density at radius 2 is 1.97 bits per heavy atom. The van der Waals surface area contributed by atoms with E-state index in [9.17, 15) is 9.59 Å². The van der Waals surface area contributed by atoms with Crippen LogP contribution in [-0.2, 0) is 14.3 Å². The summed E-state index contributed by atoms with van der Waals surface area (Å²) in [5.41, 5.74) is 2.42. The lowest BCUT2D eigenvalue weighted by molar-refractivity contribution is -0.142. The number of ether oxygens (including phenoxy) is 1. The summed E-state index contributed by atoms with van der Waals surface area (Å²) in [5.74, 6) is -0.209. The number of hydrogen-bond donors (Lipinski definition) is 1. The summed E-state index contributed by atoms with van der Waals surface area (Å²) in [7, 11) is 0. The van der Waals surface area contributed by atoms with Gasteiger partial charge in [0.2, 0.25) is 5.91 Å². The summed E-state index contributed by atoms with van der Waals surface area (Å²) < 4.78 is 5.17. The zero-order valence-electron chi connectivity index (χ0n) is 16.0. The molecule has 1 fully saturated rings. The number of aromatic nitrogens is 2. The maximum atomic E-state index is 13.0. The summed E-state index contributed by atoms with van der Waals surface area (Å²) in [6.07, 6.45) is 3.24. The highest BCUT2D eigenvalue weighted by molar-refractivity contribution is 6.04. The second-order valence-corrected chi connectivity index (χ2v) is 6.75. The van der Waals surface area contributed by atoms with Crippen LogP contribution >= 0.6 is 0 Å². The van der Waals surface area contributed by atoms with Crippen molar-refractivity contribution in [3.63, 3.8) is 0 Å². The van der Waals surface area contributed by atoms with E-state index < -0.39 is 0 Å². The number of aromatic amines is 1. The molecule has 148 valence electrons. The van der Waals surface area contributed by atoms with Gasteiger partial charge in [0.15, 0.2) is 0 Å². The molecule has 0 bridgehead atoms. The van der Waals surface area contributed by atoms with Crippen LogP contribution in [0.1, 0.15) is 5.69 Å². The monoisotopic (exact) mass is 390 g/mol.